The Labute approximate surface area is 198 Å². The van der Waals surface area contributed by atoms with Crippen LogP contribution in [0.1, 0.15) is 26.4 Å². The maximum atomic E-state index is 13.2. The van der Waals surface area contributed by atoms with E-state index >= 15 is 0 Å². The van der Waals surface area contributed by atoms with Crippen LogP contribution >= 0.6 is 0 Å². The van der Waals surface area contributed by atoms with Crippen LogP contribution in [0, 0.1) is 0 Å². The fourth-order valence-corrected chi connectivity index (χ4v) is 3.81. The average Bonchev–Trinajstić information content (AvgIpc) is 3.37. The number of carbonyl (C=O) groups excluding carboxylic acids is 3. The SMILES string of the molecule is O=C(NCC(=O)N1CCN(C(=O)c2ccccc2C(F)(F)F)CC1)c1cc(-c2ccccc2)[nH]n1. The molecule has 0 unspecified atom stereocenters. The smallest absolute Gasteiger partial charge is 0.342 e. The fourth-order valence-electron chi connectivity index (χ4n) is 3.81. The van der Waals surface area contributed by atoms with Crippen LogP contribution in [0.4, 0.5) is 13.2 Å². The summed E-state index contributed by atoms with van der Waals surface area (Å²) in [6.07, 6.45) is -4.64. The summed E-state index contributed by atoms with van der Waals surface area (Å²) >= 11 is 0. The van der Waals surface area contributed by atoms with E-state index in [2.05, 4.69) is 15.5 Å². The number of alkyl halides is 3. The summed E-state index contributed by atoms with van der Waals surface area (Å²) in [4.78, 5) is 40.3. The monoisotopic (exact) mass is 485 g/mol. The number of piperazine rings is 1. The van der Waals surface area contributed by atoms with Crippen LogP contribution in [-0.2, 0) is 11.0 Å². The van der Waals surface area contributed by atoms with Gasteiger partial charge < -0.3 is 15.1 Å². The van der Waals surface area contributed by atoms with E-state index in [1.807, 2.05) is 30.3 Å². The number of H-pyrrole nitrogens is 1. The molecule has 0 aliphatic carbocycles. The van der Waals surface area contributed by atoms with Crippen LogP contribution < -0.4 is 5.32 Å². The number of hydrogen-bond acceptors (Lipinski definition) is 4. The van der Waals surface area contributed by atoms with Gasteiger partial charge in [0.1, 0.15) is 0 Å². The molecule has 4 rings (SSSR count). The average molecular weight is 485 g/mol. The van der Waals surface area contributed by atoms with E-state index in [-0.39, 0.29) is 44.3 Å². The molecule has 1 aliphatic rings. The maximum Gasteiger partial charge on any atom is 0.417 e. The van der Waals surface area contributed by atoms with E-state index in [4.69, 9.17) is 0 Å². The van der Waals surface area contributed by atoms with Crippen molar-refractivity contribution in [3.63, 3.8) is 0 Å². The first-order valence-electron chi connectivity index (χ1n) is 10.9. The Balaban J connectivity index is 1.29. The molecule has 0 saturated carbocycles. The van der Waals surface area contributed by atoms with Crippen molar-refractivity contribution in [3.8, 4) is 11.3 Å². The maximum absolute atomic E-state index is 13.2. The second kappa shape index (κ2) is 10.00. The second-order valence-electron chi connectivity index (χ2n) is 7.93. The number of aromatic amines is 1. The first kappa shape index (κ1) is 24.0. The predicted molar refractivity (Wildman–Crippen MR) is 120 cm³/mol. The second-order valence-corrected chi connectivity index (χ2v) is 7.93. The van der Waals surface area contributed by atoms with Gasteiger partial charge in [-0.1, -0.05) is 42.5 Å². The van der Waals surface area contributed by atoms with Gasteiger partial charge in [-0.25, -0.2) is 0 Å². The van der Waals surface area contributed by atoms with E-state index in [1.165, 1.54) is 21.9 Å². The number of amides is 3. The van der Waals surface area contributed by atoms with Crippen LogP contribution in [0.25, 0.3) is 11.3 Å². The molecule has 35 heavy (non-hydrogen) atoms. The van der Waals surface area contributed by atoms with Gasteiger partial charge in [-0.05, 0) is 23.8 Å². The summed E-state index contributed by atoms with van der Waals surface area (Å²) in [7, 11) is 0. The third-order valence-corrected chi connectivity index (χ3v) is 5.68. The Morgan fingerprint density at radius 1 is 0.914 bits per heavy atom. The normalized spacial score (nSPS) is 14.0. The molecule has 0 bridgehead atoms. The molecule has 0 spiro atoms. The first-order valence-corrected chi connectivity index (χ1v) is 10.9. The Morgan fingerprint density at radius 2 is 1.54 bits per heavy atom. The van der Waals surface area contributed by atoms with Crippen molar-refractivity contribution < 1.29 is 27.6 Å². The minimum atomic E-state index is -4.64. The van der Waals surface area contributed by atoms with Gasteiger partial charge in [0.15, 0.2) is 5.69 Å². The van der Waals surface area contributed by atoms with Crippen molar-refractivity contribution in [2.75, 3.05) is 32.7 Å². The molecule has 1 fully saturated rings. The number of nitrogens with zero attached hydrogens (tertiary/aromatic N) is 3. The number of nitrogens with one attached hydrogen (secondary N) is 2. The summed E-state index contributed by atoms with van der Waals surface area (Å²) in [6, 6.07) is 15.5. The molecular weight excluding hydrogens is 463 g/mol. The summed E-state index contributed by atoms with van der Waals surface area (Å²) in [5, 5.41) is 9.29. The van der Waals surface area contributed by atoms with Gasteiger partial charge in [-0.3, -0.25) is 19.5 Å². The standard InChI is InChI=1S/C24H22F3N5O3/c25-24(26,27)18-9-5-4-8-17(18)23(35)32-12-10-31(11-13-32)21(33)15-28-22(34)20-14-19(29-30-20)16-6-2-1-3-7-16/h1-9,14H,10-13,15H2,(H,28,34)(H,29,30). The molecule has 1 saturated heterocycles. The van der Waals surface area contributed by atoms with Crippen molar-refractivity contribution >= 4 is 17.7 Å². The Morgan fingerprint density at radius 3 is 2.23 bits per heavy atom. The largest absolute Gasteiger partial charge is 0.417 e. The van der Waals surface area contributed by atoms with Crippen molar-refractivity contribution in [3.05, 3.63) is 77.5 Å². The molecular formula is C24H22F3N5O3. The van der Waals surface area contributed by atoms with Gasteiger partial charge in [0.05, 0.1) is 23.4 Å². The fraction of sp³-hybridized carbons (Fsp3) is 0.250. The van der Waals surface area contributed by atoms with Gasteiger partial charge in [0.25, 0.3) is 11.8 Å². The molecule has 2 N–H and O–H groups in total. The number of carbonyl (C=O) groups is 3. The molecule has 0 radical (unpaired) electrons. The number of halogens is 3. The zero-order valence-corrected chi connectivity index (χ0v) is 18.5. The number of benzene rings is 2. The zero-order chi connectivity index (χ0) is 25.0. The van der Waals surface area contributed by atoms with Gasteiger partial charge in [-0.2, -0.15) is 18.3 Å². The Bertz CT molecular complexity index is 1220. The van der Waals surface area contributed by atoms with Gasteiger partial charge in [0.2, 0.25) is 5.91 Å². The highest BCUT2D eigenvalue weighted by atomic mass is 19.4. The Kier molecular flexibility index (Phi) is 6.85. The Hall–Kier alpha value is -4.15. The van der Waals surface area contributed by atoms with Crippen molar-refractivity contribution in [2.24, 2.45) is 0 Å². The third-order valence-electron chi connectivity index (χ3n) is 5.68. The summed E-state index contributed by atoms with van der Waals surface area (Å²) in [5.74, 6) is -1.61. The topological polar surface area (TPSA) is 98.4 Å². The van der Waals surface area contributed by atoms with Crippen LogP contribution in [-0.4, -0.2) is 70.4 Å². The lowest BCUT2D eigenvalue weighted by Gasteiger charge is -2.35. The summed E-state index contributed by atoms with van der Waals surface area (Å²) in [5.41, 5.74) is 0.256. The quantitative estimate of drug-likeness (QED) is 0.581. The molecule has 8 nitrogen and oxygen atoms in total. The van der Waals surface area contributed by atoms with Crippen LogP contribution in [0.15, 0.2) is 60.7 Å². The van der Waals surface area contributed by atoms with E-state index in [9.17, 15) is 27.6 Å². The lowest BCUT2D eigenvalue weighted by atomic mass is 10.1. The highest BCUT2D eigenvalue weighted by molar-refractivity contribution is 5.97. The molecule has 3 aromatic rings. The third kappa shape index (κ3) is 5.51. The first-order chi connectivity index (χ1) is 16.7. The van der Waals surface area contributed by atoms with Crippen LogP contribution in [0.3, 0.4) is 0 Å². The molecule has 2 heterocycles. The predicted octanol–water partition coefficient (Wildman–Crippen LogP) is 2.81. The van der Waals surface area contributed by atoms with Gasteiger partial charge in [0, 0.05) is 26.2 Å². The highest BCUT2D eigenvalue weighted by Crippen LogP contribution is 2.32. The van der Waals surface area contributed by atoms with Gasteiger partial charge in [-0.15, -0.1) is 0 Å². The molecule has 1 aromatic heterocycles. The minimum Gasteiger partial charge on any atom is -0.342 e. The molecule has 0 atom stereocenters. The lowest BCUT2D eigenvalue weighted by Crippen LogP contribution is -2.52. The molecule has 11 heteroatoms. The molecule has 1 aliphatic heterocycles. The van der Waals surface area contributed by atoms with Gasteiger partial charge >= 0.3 is 6.18 Å². The van der Waals surface area contributed by atoms with Crippen LogP contribution in [0.2, 0.25) is 0 Å². The number of rotatable bonds is 5. The molecule has 3 amide bonds. The lowest BCUT2D eigenvalue weighted by molar-refractivity contribution is -0.138. The van der Waals surface area contributed by atoms with Crippen molar-refractivity contribution in [1.29, 1.82) is 0 Å². The van der Waals surface area contributed by atoms with Crippen molar-refractivity contribution in [2.45, 2.75) is 6.18 Å². The summed E-state index contributed by atoms with van der Waals surface area (Å²) < 4.78 is 39.7. The highest BCUT2D eigenvalue weighted by Gasteiger charge is 2.36. The molecule has 2 aromatic carbocycles. The van der Waals surface area contributed by atoms with E-state index in [0.29, 0.717) is 5.69 Å². The van der Waals surface area contributed by atoms with Crippen LogP contribution in [0.5, 0.6) is 0 Å². The number of hydrogen-bond donors (Lipinski definition) is 2. The van der Waals surface area contributed by atoms with Crippen molar-refractivity contribution in [1.82, 2.24) is 25.3 Å². The zero-order valence-electron chi connectivity index (χ0n) is 18.5. The van der Waals surface area contributed by atoms with E-state index in [1.54, 1.807) is 6.07 Å². The summed E-state index contributed by atoms with van der Waals surface area (Å²) in [6.45, 7) is 0.205. The van der Waals surface area contributed by atoms with E-state index in [0.717, 1.165) is 17.7 Å². The molecule has 182 valence electrons. The minimum absolute atomic E-state index is 0.0878. The van der Waals surface area contributed by atoms with E-state index < -0.39 is 29.1 Å². The number of aromatic nitrogens is 2.